The molecule has 1 saturated carbocycles. The van der Waals surface area contributed by atoms with E-state index in [0.29, 0.717) is 30.8 Å². The summed E-state index contributed by atoms with van der Waals surface area (Å²) in [6.45, 7) is 1.71. The SMILES string of the molecule is CCC1CCN(C(=O)CN(O)CC)C1[C-]=O.O.O=c1[nH]c2cc(OC(F)F)ccc2cc1C(F)(F)CCCCC1CC1.[V].[Y]. The number of H-pyrrole nitrogens is 1. The number of likely N-dealkylation sites (tertiary alicyclic amines) is 1. The summed E-state index contributed by atoms with van der Waals surface area (Å²) in [6.07, 6.45) is 7.74. The van der Waals surface area contributed by atoms with Gasteiger partial charge in [-0.15, -0.1) is 0 Å². The Labute approximate surface area is 291 Å². The van der Waals surface area contributed by atoms with Crippen molar-refractivity contribution < 1.29 is 93.8 Å². The molecule has 2 heterocycles. The molecule has 2 fully saturated rings. The predicted molar refractivity (Wildman–Crippen MR) is 149 cm³/mol. The predicted octanol–water partition coefficient (Wildman–Crippen LogP) is 4.80. The van der Waals surface area contributed by atoms with Gasteiger partial charge in [-0.1, -0.05) is 52.0 Å². The minimum absolute atomic E-state index is 0. The van der Waals surface area contributed by atoms with Crippen molar-refractivity contribution in [3.63, 3.8) is 0 Å². The van der Waals surface area contributed by atoms with E-state index in [1.807, 2.05) is 13.2 Å². The van der Waals surface area contributed by atoms with Crippen molar-refractivity contribution in [2.24, 2.45) is 11.8 Å². The van der Waals surface area contributed by atoms with Crippen molar-refractivity contribution in [2.45, 2.75) is 83.8 Å². The molecule has 1 amide bonds. The number of fused-ring (bicyclic) bond motifs is 1. The molecule has 4 rings (SSSR count). The average molecular weight is 742 g/mol. The number of unbranched alkanes of at least 4 members (excludes halogenated alkanes) is 1. The number of hydrogen-bond donors (Lipinski definition) is 2. The number of pyridine rings is 1. The third-order valence-electron chi connectivity index (χ3n) is 7.66. The van der Waals surface area contributed by atoms with Crippen molar-refractivity contribution in [1.29, 1.82) is 0 Å². The van der Waals surface area contributed by atoms with E-state index in [1.54, 1.807) is 6.92 Å². The minimum Gasteiger partial charge on any atom is -0.540 e. The van der Waals surface area contributed by atoms with Gasteiger partial charge < -0.3 is 30.1 Å². The average Bonchev–Trinajstić information content (AvgIpc) is 3.66. The van der Waals surface area contributed by atoms with Crippen LogP contribution in [0, 0.1) is 11.8 Å². The fraction of sp³-hybridized carbons (Fsp3) is 0.621. The van der Waals surface area contributed by atoms with Gasteiger partial charge in [-0.25, -0.2) is 15.1 Å². The van der Waals surface area contributed by atoms with Crippen molar-refractivity contribution in [2.75, 3.05) is 19.6 Å². The Hall–Kier alpha value is -1.34. The summed E-state index contributed by atoms with van der Waals surface area (Å²) in [7, 11) is 0. The molecular weight excluding hydrogens is 702 g/mol. The Morgan fingerprint density at radius 3 is 2.45 bits per heavy atom. The number of nitrogens with zero attached hydrogens (tertiary/aromatic N) is 2. The van der Waals surface area contributed by atoms with Crippen molar-refractivity contribution in [3.05, 3.63) is 40.2 Å². The monoisotopic (exact) mass is 742 g/mol. The van der Waals surface area contributed by atoms with Gasteiger partial charge in [0, 0.05) is 76.8 Å². The topological polar surface area (TPSA) is 134 Å². The third-order valence-corrected chi connectivity index (χ3v) is 7.66. The maximum atomic E-state index is 14.4. The van der Waals surface area contributed by atoms with Crippen LogP contribution in [0.25, 0.3) is 10.9 Å². The van der Waals surface area contributed by atoms with Crippen LogP contribution in [0.5, 0.6) is 5.75 Å². The number of aromatic amines is 1. The second-order valence-electron chi connectivity index (χ2n) is 10.6. The van der Waals surface area contributed by atoms with Gasteiger partial charge in [-0.05, 0) is 48.3 Å². The van der Waals surface area contributed by atoms with E-state index in [-0.39, 0.29) is 92.8 Å². The number of hydrogen-bond acceptors (Lipinski definition) is 6. The van der Waals surface area contributed by atoms with Gasteiger partial charge >= 0.3 is 6.61 Å². The molecule has 2 radical (unpaired) electrons. The largest absolute Gasteiger partial charge is 0.540 e. The van der Waals surface area contributed by atoms with E-state index < -0.39 is 29.7 Å². The van der Waals surface area contributed by atoms with E-state index in [1.165, 1.54) is 35.9 Å². The molecule has 2 atom stereocenters. The summed E-state index contributed by atoms with van der Waals surface area (Å²) in [5.74, 6) is -2.65. The Morgan fingerprint density at radius 1 is 1.20 bits per heavy atom. The number of hydroxylamine groups is 2. The third kappa shape index (κ3) is 12.5. The van der Waals surface area contributed by atoms with Gasteiger partial charge in [-0.3, -0.25) is 9.59 Å². The van der Waals surface area contributed by atoms with E-state index >= 15 is 0 Å². The number of halogens is 4. The Bertz CT molecular complexity index is 1240. The van der Waals surface area contributed by atoms with Crippen molar-refractivity contribution >= 4 is 23.1 Å². The van der Waals surface area contributed by atoms with Gasteiger partial charge in [-0.2, -0.15) is 13.8 Å². The maximum Gasteiger partial charge on any atom is 0.387 e. The van der Waals surface area contributed by atoms with Crippen LogP contribution in [0.2, 0.25) is 0 Å². The molecule has 244 valence electrons. The van der Waals surface area contributed by atoms with Crippen LogP contribution in [0.15, 0.2) is 29.1 Å². The first-order valence-corrected chi connectivity index (χ1v) is 14.1. The van der Waals surface area contributed by atoms with Crippen LogP contribution in [0.4, 0.5) is 17.6 Å². The van der Waals surface area contributed by atoms with Crippen molar-refractivity contribution in [3.8, 4) is 5.75 Å². The normalized spacial score (nSPS) is 17.7. The smallest absolute Gasteiger partial charge is 0.387 e. The van der Waals surface area contributed by atoms with Crippen LogP contribution in [0.3, 0.4) is 0 Å². The molecule has 2 unspecified atom stereocenters. The molecule has 4 N–H and O–H groups in total. The fourth-order valence-electron chi connectivity index (χ4n) is 5.03. The van der Waals surface area contributed by atoms with Gasteiger partial charge in [0.1, 0.15) is 12.3 Å². The molecule has 1 aliphatic carbocycles. The Morgan fingerprint density at radius 2 is 1.89 bits per heavy atom. The summed E-state index contributed by atoms with van der Waals surface area (Å²) >= 11 is 0. The molecule has 1 aromatic heterocycles. The van der Waals surface area contributed by atoms with E-state index in [0.717, 1.165) is 36.8 Å². The Balaban J connectivity index is 0.000000857. The number of nitrogens with one attached hydrogen (secondary N) is 1. The number of aromatic nitrogens is 1. The zero-order valence-electron chi connectivity index (χ0n) is 24.9. The molecule has 1 aliphatic heterocycles. The maximum absolute atomic E-state index is 14.4. The van der Waals surface area contributed by atoms with E-state index in [4.69, 9.17) is 0 Å². The number of benzene rings is 1. The summed E-state index contributed by atoms with van der Waals surface area (Å²) in [6, 6.07) is 4.52. The summed E-state index contributed by atoms with van der Waals surface area (Å²) in [5.41, 5.74) is -1.32. The number of likely N-dealkylation sites (N-methyl/N-ethyl adjacent to an activating group) is 1. The number of carbonyl (C=O) groups excluding carboxylic acids is 2. The summed E-state index contributed by atoms with van der Waals surface area (Å²) < 4.78 is 57.5. The second kappa shape index (κ2) is 20.0. The molecule has 44 heavy (non-hydrogen) atoms. The van der Waals surface area contributed by atoms with Crippen molar-refractivity contribution in [1.82, 2.24) is 14.9 Å². The van der Waals surface area contributed by atoms with Gasteiger partial charge in [0.15, 0.2) is 0 Å². The number of carbonyl (C=O) groups is 1. The molecule has 2 aliphatic rings. The van der Waals surface area contributed by atoms with Crippen LogP contribution < -0.4 is 10.3 Å². The van der Waals surface area contributed by atoms with Gasteiger partial charge in [0.05, 0.1) is 11.1 Å². The number of alkyl halides is 4. The molecule has 1 aromatic carbocycles. The van der Waals surface area contributed by atoms with Crippen LogP contribution in [0.1, 0.15) is 70.8 Å². The number of ether oxygens (including phenoxy) is 1. The molecule has 9 nitrogen and oxygen atoms in total. The van der Waals surface area contributed by atoms with Gasteiger partial charge in [0.25, 0.3) is 11.5 Å². The first kappa shape index (κ1) is 42.7. The summed E-state index contributed by atoms with van der Waals surface area (Å²) in [4.78, 5) is 38.5. The zero-order valence-corrected chi connectivity index (χ0v) is 29.1. The fourth-order valence-corrected chi connectivity index (χ4v) is 5.03. The standard InChI is InChI=1S/C18H19F4NO2.C11H19N2O3.H2O.V.Y/c19-17(20)25-13-7-6-12-9-14(16(24)23-15(12)10-13)18(21,22)8-2-1-3-11-4-5-11;1-3-9-5-6-13(10(9)8-14)11(15)7-12(16)4-2;;;/h6-7,9-11,17H,1-5,8H2,(H,23,24);9-10,16H,3-7H2,1-2H3;1H2;;/q;-1;;;. The molecule has 15 heteroatoms. The first-order valence-electron chi connectivity index (χ1n) is 14.1. The van der Waals surface area contributed by atoms with E-state index in [9.17, 15) is 37.2 Å². The van der Waals surface area contributed by atoms with E-state index in [2.05, 4.69) is 9.72 Å². The molecular formula is C29H40F4N3O6VY-. The molecule has 0 bridgehead atoms. The van der Waals surface area contributed by atoms with Crippen LogP contribution in [-0.2, 0) is 66.8 Å². The number of rotatable bonds is 13. The minimum atomic E-state index is -3.22. The number of amides is 1. The summed E-state index contributed by atoms with van der Waals surface area (Å²) in [5, 5.41) is 10.5. The zero-order chi connectivity index (χ0) is 30.2. The second-order valence-corrected chi connectivity index (χ2v) is 10.6. The molecule has 1 saturated heterocycles. The van der Waals surface area contributed by atoms with Gasteiger partial charge in [0.2, 0.25) is 5.91 Å². The van der Waals surface area contributed by atoms with Crippen LogP contribution >= 0.6 is 0 Å². The molecule has 0 spiro atoms. The molecule has 2 aromatic rings. The first-order chi connectivity index (χ1) is 19.5. The van der Waals surface area contributed by atoms with Crippen LogP contribution in [-0.4, -0.2) is 70.1 Å². The Kier molecular flexibility index (Phi) is 19.4. The quantitative estimate of drug-likeness (QED) is 0.131.